The van der Waals surface area contributed by atoms with Crippen molar-refractivity contribution in [2.75, 3.05) is 51.1 Å². The maximum absolute atomic E-state index is 12.6. The molecule has 0 spiro atoms. The van der Waals surface area contributed by atoms with Crippen LogP contribution in [-0.2, 0) is 13.6 Å². The first-order chi connectivity index (χ1) is 15.4. The van der Waals surface area contributed by atoms with Crippen LogP contribution in [0.15, 0.2) is 24.4 Å². The highest BCUT2D eigenvalue weighted by Gasteiger charge is 2.26. The van der Waals surface area contributed by atoms with E-state index in [4.69, 9.17) is 23.2 Å². The summed E-state index contributed by atoms with van der Waals surface area (Å²) in [6.45, 7) is 9.76. The third-order valence-electron chi connectivity index (χ3n) is 6.46. The van der Waals surface area contributed by atoms with Gasteiger partial charge in [0.1, 0.15) is 0 Å². The number of hydrogen-bond donors (Lipinski definition) is 1. The summed E-state index contributed by atoms with van der Waals surface area (Å²) in [5.74, 6) is 0.678. The maximum atomic E-state index is 12.6. The van der Waals surface area contributed by atoms with Crippen molar-refractivity contribution in [2.45, 2.75) is 26.3 Å². The molecule has 2 amide bonds. The van der Waals surface area contributed by atoms with Crippen LogP contribution in [0.3, 0.4) is 0 Å². The molecule has 2 saturated heterocycles. The molecule has 2 aromatic rings. The molecule has 7 nitrogen and oxygen atoms in total. The molecule has 0 aliphatic carbocycles. The molecular weight excluding hydrogens is 447 g/mol. The number of hydrogen-bond acceptors (Lipinski definition) is 4. The number of aryl methyl sites for hydroxylation is 2. The molecule has 2 aliphatic rings. The van der Waals surface area contributed by atoms with E-state index >= 15 is 0 Å². The number of carbonyl (C=O) groups excluding carboxylic acids is 1. The van der Waals surface area contributed by atoms with E-state index in [-0.39, 0.29) is 6.03 Å². The number of urea groups is 1. The molecule has 0 bridgehead atoms. The number of aromatic nitrogens is 2. The summed E-state index contributed by atoms with van der Waals surface area (Å²) in [6.07, 6.45) is 4.66. The predicted molar refractivity (Wildman–Crippen MR) is 129 cm³/mol. The van der Waals surface area contributed by atoms with Gasteiger partial charge in [0.05, 0.1) is 15.7 Å². The number of piperidine rings is 1. The summed E-state index contributed by atoms with van der Waals surface area (Å²) in [6, 6.07) is 5.06. The fraction of sp³-hybridized carbons (Fsp3) is 0.565. The van der Waals surface area contributed by atoms with E-state index in [1.807, 2.05) is 16.6 Å². The Labute approximate surface area is 200 Å². The van der Waals surface area contributed by atoms with Gasteiger partial charge in [-0.2, -0.15) is 5.10 Å². The highest BCUT2D eigenvalue weighted by atomic mass is 35.5. The zero-order chi connectivity index (χ0) is 22.7. The zero-order valence-corrected chi connectivity index (χ0v) is 20.4. The van der Waals surface area contributed by atoms with Crippen LogP contribution in [0.2, 0.25) is 10.0 Å². The highest BCUT2D eigenvalue weighted by molar-refractivity contribution is 6.42. The Bertz CT molecular complexity index is 941. The number of benzene rings is 1. The van der Waals surface area contributed by atoms with Gasteiger partial charge in [-0.3, -0.25) is 14.5 Å². The molecule has 4 rings (SSSR count). The van der Waals surface area contributed by atoms with E-state index in [2.05, 4.69) is 33.3 Å². The van der Waals surface area contributed by atoms with Crippen molar-refractivity contribution in [3.8, 4) is 0 Å². The number of anilines is 1. The molecule has 2 aliphatic heterocycles. The number of amides is 2. The lowest BCUT2D eigenvalue weighted by Crippen LogP contribution is -2.52. The smallest absolute Gasteiger partial charge is 0.321 e. The monoisotopic (exact) mass is 478 g/mol. The Morgan fingerprint density at radius 3 is 2.59 bits per heavy atom. The third kappa shape index (κ3) is 5.95. The number of nitrogens with zero attached hydrogens (tertiary/aromatic N) is 5. The largest absolute Gasteiger partial charge is 0.322 e. The van der Waals surface area contributed by atoms with Crippen LogP contribution in [0.5, 0.6) is 0 Å². The molecule has 1 atom stereocenters. The Hall–Kier alpha value is -1.80. The second-order valence-electron chi connectivity index (χ2n) is 9.00. The summed E-state index contributed by atoms with van der Waals surface area (Å²) < 4.78 is 1.91. The number of carbonyl (C=O) groups is 1. The summed E-state index contributed by atoms with van der Waals surface area (Å²) in [5, 5.41) is 8.32. The number of piperazine rings is 1. The highest BCUT2D eigenvalue weighted by Crippen LogP contribution is 2.25. The average molecular weight is 479 g/mol. The second-order valence-corrected chi connectivity index (χ2v) is 9.82. The van der Waals surface area contributed by atoms with Crippen molar-refractivity contribution in [3.05, 3.63) is 45.7 Å². The molecule has 32 heavy (non-hydrogen) atoms. The summed E-state index contributed by atoms with van der Waals surface area (Å²) in [4.78, 5) is 19.6. The van der Waals surface area contributed by atoms with E-state index in [1.165, 1.54) is 18.4 Å². The van der Waals surface area contributed by atoms with E-state index in [9.17, 15) is 4.79 Å². The van der Waals surface area contributed by atoms with Gasteiger partial charge in [-0.1, -0.05) is 23.2 Å². The molecule has 0 radical (unpaired) electrons. The second kappa shape index (κ2) is 10.4. The van der Waals surface area contributed by atoms with E-state index < -0.39 is 0 Å². The standard InChI is InChI=1S/C23H32Cl2N6O/c1-17-19(15-28(2)27-17)16-30-7-3-4-18(14-30)13-29-8-10-31(11-9-29)23(32)26-20-5-6-21(24)22(25)12-20/h5-6,12,15,18H,3-4,7-11,13-14,16H2,1-2H3,(H,26,32)/t18-/m0/s1. The lowest BCUT2D eigenvalue weighted by Gasteiger charge is -2.39. The normalized spacial score (nSPS) is 20.5. The molecule has 1 aromatic carbocycles. The Balaban J connectivity index is 1.22. The van der Waals surface area contributed by atoms with E-state index in [0.29, 0.717) is 21.7 Å². The minimum atomic E-state index is -0.0845. The van der Waals surface area contributed by atoms with Gasteiger partial charge >= 0.3 is 6.03 Å². The van der Waals surface area contributed by atoms with Crippen molar-refractivity contribution in [2.24, 2.45) is 13.0 Å². The van der Waals surface area contributed by atoms with Gasteiger partial charge in [-0.05, 0) is 50.4 Å². The molecule has 9 heteroatoms. The van der Waals surface area contributed by atoms with E-state index in [0.717, 1.165) is 58.1 Å². The first-order valence-corrected chi connectivity index (χ1v) is 12.1. The SMILES string of the molecule is Cc1nn(C)cc1CN1CCC[C@@H](CN2CCN(C(=O)Nc3ccc(Cl)c(Cl)c3)CC2)C1. The van der Waals surface area contributed by atoms with E-state index in [1.54, 1.807) is 18.2 Å². The van der Waals surface area contributed by atoms with Gasteiger partial charge in [0.2, 0.25) is 0 Å². The van der Waals surface area contributed by atoms with Gasteiger partial charge in [0.25, 0.3) is 0 Å². The van der Waals surface area contributed by atoms with Crippen LogP contribution in [0.1, 0.15) is 24.1 Å². The van der Waals surface area contributed by atoms with Crippen molar-refractivity contribution in [1.82, 2.24) is 24.5 Å². The molecule has 2 fully saturated rings. The zero-order valence-electron chi connectivity index (χ0n) is 18.9. The van der Waals surface area contributed by atoms with Crippen molar-refractivity contribution in [3.63, 3.8) is 0 Å². The minimum absolute atomic E-state index is 0.0845. The predicted octanol–water partition coefficient (Wildman–Crippen LogP) is 4.10. The molecule has 174 valence electrons. The first kappa shape index (κ1) is 23.4. The number of likely N-dealkylation sites (tertiary alicyclic amines) is 1. The fourth-order valence-electron chi connectivity index (χ4n) is 4.76. The van der Waals surface area contributed by atoms with Crippen LogP contribution in [0.4, 0.5) is 10.5 Å². The van der Waals surface area contributed by atoms with Crippen LogP contribution < -0.4 is 5.32 Å². The Morgan fingerprint density at radius 1 is 1.12 bits per heavy atom. The van der Waals surface area contributed by atoms with Crippen molar-refractivity contribution < 1.29 is 4.79 Å². The molecule has 0 unspecified atom stereocenters. The average Bonchev–Trinajstić information content (AvgIpc) is 3.08. The van der Waals surface area contributed by atoms with Crippen LogP contribution in [0.25, 0.3) is 0 Å². The summed E-state index contributed by atoms with van der Waals surface area (Å²) >= 11 is 12.0. The van der Waals surface area contributed by atoms with Crippen LogP contribution in [-0.4, -0.2) is 76.3 Å². The molecular formula is C23H32Cl2N6O. The number of halogens is 2. The topological polar surface area (TPSA) is 56.6 Å². The minimum Gasteiger partial charge on any atom is -0.322 e. The summed E-state index contributed by atoms with van der Waals surface area (Å²) in [5.41, 5.74) is 3.12. The van der Waals surface area contributed by atoms with Gasteiger partial charge < -0.3 is 10.2 Å². The Kier molecular flexibility index (Phi) is 7.61. The fourth-order valence-corrected chi connectivity index (χ4v) is 5.06. The molecule has 3 heterocycles. The van der Waals surface area contributed by atoms with Crippen LogP contribution in [0, 0.1) is 12.8 Å². The maximum Gasteiger partial charge on any atom is 0.321 e. The van der Waals surface area contributed by atoms with Crippen molar-refractivity contribution in [1.29, 1.82) is 0 Å². The quantitative estimate of drug-likeness (QED) is 0.702. The molecule has 1 aromatic heterocycles. The molecule has 1 N–H and O–H groups in total. The van der Waals surface area contributed by atoms with Crippen molar-refractivity contribution >= 4 is 34.9 Å². The number of rotatable bonds is 5. The lowest BCUT2D eigenvalue weighted by molar-refractivity contribution is 0.0984. The van der Waals surface area contributed by atoms with Gasteiger partial charge in [-0.25, -0.2) is 4.79 Å². The third-order valence-corrected chi connectivity index (χ3v) is 7.20. The first-order valence-electron chi connectivity index (χ1n) is 11.3. The van der Waals surface area contributed by atoms with Gasteiger partial charge in [-0.15, -0.1) is 0 Å². The van der Waals surface area contributed by atoms with Gasteiger partial charge in [0.15, 0.2) is 0 Å². The Morgan fingerprint density at radius 2 is 1.91 bits per heavy atom. The van der Waals surface area contributed by atoms with Crippen LogP contribution >= 0.6 is 23.2 Å². The number of nitrogens with one attached hydrogen (secondary N) is 1. The lowest BCUT2D eigenvalue weighted by atomic mass is 9.96. The molecule has 0 saturated carbocycles. The summed E-state index contributed by atoms with van der Waals surface area (Å²) in [7, 11) is 1.99. The van der Waals surface area contributed by atoms with Gasteiger partial charge in [0, 0.05) is 70.3 Å².